The zero-order valence-corrected chi connectivity index (χ0v) is 19.2. The van der Waals surface area contributed by atoms with E-state index in [-0.39, 0.29) is 30.5 Å². The van der Waals surface area contributed by atoms with Crippen LogP contribution < -0.4 is 5.46 Å². The summed E-state index contributed by atoms with van der Waals surface area (Å²) in [7, 11) is 1.45. The van der Waals surface area contributed by atoms with Crippen molar-refractivity contribution < 1.29 is 18.8 Å². The van der Waals surface area contributed by atoms with E-state index in [0.29, 0.717) is 6.04 Å². The second kappa shape index (κ2) is 7.62. The number of ether oxygens (including phenoxy) is 1. The summed E-state index contributed by atoms with van der Waals surface area (Å²) in [6.07, 6.45) is 7.47. The maximum absolute atomic E-state index is 12.3. The molecule has 1 saturated carbocycles. The Morgan fingerprint density at radius 1 is 1.17 bits per heavy atom. The van der Waals surface area contributed by atoms with E-state index in [1.54, 1.807) is 4.90 Å². The quantitative estimate of drug-likeness (QED) is 0.720. The Morgan fingerprint density at radius 2 is 1.72 bits per heavy atom. The number of hydrogen-bond acceptors (Lipinski definition) is 5. The first kappa shape index (κ1) is 22.2. The monoisotopic (exact) mass is 405 g/mol. The summed E-state index contributed by atoms with van der Waals surface area (Å²) >= 11 is 0. The van der Waals surface area contributed by atoms with Gasteiger partial charge in [-0.25, -0.2) is 4.79 Å². The Morgan fingerprint density at radius 3 is 2.24 bits per heavy atom. The Hall–Kier alpha value is -1.54. The van der Waals surface area contributed by atoms with E-state index >= 15 is 0 Å². The molecule has 1 saturated heterocycles. The van der Waals surface area contributed by atoms with Crippen LogP contribution in [0.2, 0.25) is 0 Å². The molecule has 0 bridgehead atoms. The summed E-state index contributed by atoms with van der Waals surface area (Å²) in [5.74, 6) is 0. The van der Waals surface area contributed by atoms with Gasteiger partial charge in [0, 0.05) is 30.9 Å². The molecule has 0 unspecified atom stereocenters. The molecule has 0 aromatic carbocycles. The smallest absolute Gasteiger partial charge is 0.444 e. The molecular weight excluding hydrogens is 369 g/mol. The summed E-state index contributed by atoms with van der Waals surface area (Å²) in [6, 6.07) is 0.536. The highest BCUT2D eigenvalue weighted by atomic mass is 16.7. The van der Waals surface area contributed by atoms with Crippen molar-refractivity contribution in [2.75, 3.05) is 7.05 Å². The topological polar surface area (TPSA) is 65.8 Å². The average molecular weight is 405 g/mol. The molecule has 2 heterocycles. The van der Waals surface area contributed by atoms with Crippen molar-refractivity contribution in [3.8, 4) is 0 Å². The lowest BCUT2D eigenvalue weighted by atomic mass is 9.82. The Kier molecular flexibility index (Phi) is 5.82. The summed E-state index contributed by atoms with van der Waals surface area (Å²) in [5.41, 5.74) is -0.230. The zero-order chi connectivity index (χ0) is 21.6. The number of rotatable bonds is 3. The first-order valence-corrected chi connectivity index (χ1v) is 10.6. The normalized spacial score (nSPS) is 26.4. The Balaban J connectivity index is 1.57. The Labute approximate surface area is 175 Å². The summed E-state index contributed by atoms with van der Waals surface area (Å²) in [4.78, 5) is 14.1. The number of carbonyl (C=O) groups excluding carboxylic acids is 1. The van der Waals surface area contributed by atoms with Gasteiger partial charge in [-0.3, -0.25) is 4.68 Å². The predicted octanol–water partition coefficient (Wildman–Crippen LogP) is 3.53. The molecule has 29 heavy (non-hydrogen) atoms. The fourth-order valence-electron chi connectivity index (χ4n) is 3.85. The van der Waals surface area contributed by atoms with E-state index < -0.39 is 5.60 Å². The highest BCUT2D eigenvalue weighted by molar-refractivity contribution is 6.62. The van der Waals surface area contributed by atoms with Crippen molar-refractivity contribution >= 4 is 18.7 Å². The fourth-order valence-corrected chi connectivity index (χ4v) is 3.85. The molecule has 162 valence electrons. The van der Waals surface area contributed by atoms with E-state index in [1.165, 1.54) is 0 Å². The number of amides is 1. The number of aromatic nitrogens is 2. The van der Waals surface area contributed by atoms with Gasteiger partial charge in [-0.05, 0) is 74.1 Å². The molecule has 0 spiro atoms. The van der Waals surface area contributed by atoms with Crippen LogP contribution in [0.5, 0.6) is 0 Å². The predicted molar refractivity (Wildman–Crippen MR) is 113 cm³/mol. The minimum absolute atomic E-state index is 0.208. The molecule has 2 aliphatic rings. The molecule has 1 aromatic heterocycles. The molecule has 1 aliphatic carbocycles. The van der Waals surface area contributed by atoms with Crippen LogP contribution in [0, 0.1) is 0 Å². The van der Waals surface area contributed by atoms with Crippen molar-refractivity contribution in [1.29, 1.82) is 0 Å². The maximum Gasteiger partial charge on any atom is 0.498 e. The number of nitrogens with zero attached hydrogens (tertiary/aromatic N) is 3. The van der Waals surface area contributed by atoms with Crippen LogP contribution in [-0.2, 0) is 14.0 Å². The van der Waals surface area contributed by atoms with Crippen LogP contribution in [0.25, 0.3) is 0 Å². The van der Waals surface area contributed by atoms with Crippen LogP contribution in [0.15, 0.2) is 12.4 Å². The van der Waals surface area contributed by atoms with E-state index in [9.17, 15) is 4.79 Å². The van der Waals surface area contributed by atoms with Gasteiger partial charge in [-0.15, -0.1) is 0 Å². The molecule has 3 rings (SSSR count). The van der Waals surface area contributed by atoms with E-state index in [4.69, 9.17) is 14.0 Å². The molecule has 8 heteroatoms. The van der Waals surface area contributed by atoms with Gasteiger partial charge >= 0.3 is 13.2 Å². The minimum Gasteiger partial charge on any atom is -0.444 e. The molecular formula is C21H36BN3O4. The highest BCUT2D eigenvalue weighted by Gasteiger charge is 2.52. The largest absolute Gasteiger partial charge is 0.498 e. The first-order valence-electron chi connectivity index (χ1n) is 10.6. The van der Waals surface area contributed by atoms with Crippen molar-refractivity contribution in [3.63, 3.8) is 0 Å². The zero-order valence-electron chi connectivity index (χ0n) is 19.2. The lowest BCUT2D eigenvalue weighted by molar-refractivity contribution is 0.00578. The maximum atomic E-state index is 12.3. The highest BCUT2D eigenvalue weighted by Crippen LogP contribution is 2.36. The van der Waals surface area contributed by atoms with Gasteiger partial charge < -0.3 is 18.9 Å². The van der Waals surface area contributed by atoms with Gasteiger partial charge in [-0.1, -0.05) is 0 Å². The van der Waals surface area contributed by atoms with Crippen LogP contribution in [0.3, 0.4) is 0 Å². The summed E-state index contributed by atoms with van der Waals surface area (Å²) in [6.45, 7) is 13.9. The number of hydrogen-bond donors (Lipinski definition) is 0. The van der Waals surface area contributed by atoms with Gasteiger partial charge in [0.1, 0.15) is 5.60 Å². The van der Waals surface area contributed by atoms with Crippen LogP contribution in [-0.4, -0.2) is 57.8 Å². The third-order valence-electron chi connectivity index (χ3n) is 6.42. The van der Waals surface area contributed by atoms with E-state index in [2.05, 4.69) is 32.8 Å². The van der Waals surface area contributed by atoms with E-state index in [0.717, 1.165) is 31.1 Å². The molecule has 7 nitrogen and oxygen atoms in total. The molecule has 0 radical (unpaired) electrons. The van der Waals surface area contributed by atoms with Gasteiger partial charge in [0.2, 0.25) is 0 Å². The summed E-state index contributed by atoms with van der Waals surface area (Å²) < 4.78 is 19.8. The molecule has 1 amide bonds. The first-order chi connectivity index (χ1) is 13.3. The molecule has 1 aliphatic heterocycles. The minimum atomic E-state index is -0.471. The van der Waals surface area contributed by atoms with Crippen molar-refractivity contribution in [3.05, 3.63) is 12.4 Å². The lowest BCUT2D eigenvalue weighted by Crippen LogP contribution is -2.42. The third kappa shape index (κ3) is 4.80. The van der Waals surface area contributed by atoms with Crippen LogP contribution in [0.4, 0.5) is 4.79 Å². The standard InChI is InChI=1S/C21H36BN3O4/c1-19(2,3)27-18(26)24(8)16-9-11-17(12-10-16)25-14-15(13-23-25)22-28-20(4,5)21(6,7)29-22/h13-14,16-17H,9-12H2,1-8H3. The van der Waals surface area contributed by atoms with E-state index in [1.807, 2.05) is 44.9 Å². The van der Waals surface area contributed by atoms with Crippen LogP contribution >= 0.6 is 0 Å². The molecule has 1 aromatic rings. The summed E-state index contributed by atoms with van der Waals surface area (Å²) in [5, 5.41) is 4.58. The van der Waals surface area contributed by atoms with Gasteiger partial charge in [0.15, 0.2) is 0 Å². The van der Waals surface area contributed by atoms with Gasteiger partial charge in [0.05, 0.1) is 17.2 Å². The average Bonchev–Trinajstić information content (AvgIpc) is 3.16. The van der Waals surface area contributed by atoms with Crippen molar-refractivity contribution in [1.82, 2.24) is 14.7 Å². The van der Waals surface area contributed by atoms with Crippen molar-refractivity contribution in [2.24, 2.45) is 0 Å². The number of carbonyl (C=O) groups is 1. The molecule has 0 atom stereocenters. The SMILES string of the molecule is CN(C(=O)OC(C)(C)C)C1CCC(n2cc(B3OC(C)(C)C(C)(C)O3)cn2)CC1. The van der Waals surface area contributed by atoms with Gasteiger partial charge in [0.25, 0.3) is 0 Å². The third-order valence-corrected chi connectivity index (χ3v) is 6.42. The Bertz CT molecular complexity index is 717. The second-order valence-corrected chi connectivity index (χ2v) is 10.4. The second-order valence-electron chi connectivity index (χ2n) is 10.4. The van der Waals surface area contributed by atoms with Gasteiger partial charge in [-0.2, -0.15) is 5.10 Å². The molecule has 0 N–H and O–H groups in total. The van der Waals surface area contributed by atoms with Crippen molar-refractivity contribution in [2.45, 2.75) is 103 Å². The lowest BCUT2D eigenvalue weighted by Gasteiger charge is -2.35. The van der Waals surface area contributed by atoms with Crippen LogP contribution in [0.1, 0.15) is 80.2 Å². The fraction of sp³-hybridized carbons (Fsp3) is 0.810. The molecule has 2 fully saturated rings.